The third-order valence-electron chi connectivity index (χ3n) is 5.98. The van der Waals surface area contributed by atoms with Crippen molar-refractivity contribution < 1.29 is 10.2 Å². The molecule has 0 amide bonds. The molecule has 1 aromatic carbocycles. The van der Waals surface area contributed by atoms with Crippen LogP contribution in [0.4, 0.5) is 0 Å². The Bertz CT molecular complexity index is 1450. The second-order valence-corrected chi connectivity index (χ2v) is 9.30. The van der Waals surface area contributed by atoms with Crippen LogP contribution in [-0.4, -0.2) is 28.5 Å². The first-order chi connectivity index (χ1) is 16.5. The van der Waals surface area contributed by atoms with Gasteiger partial charge in [0.15, 0.2) is 9.54 Å². The van der Waals surface area contributed by atoms with E-state index < -0.39 is 28.8 Å². The fourth-order valence-corrected chi connectivity index (χ4v) is 5.62. The summed E-state index contributed by atoms with van der Waals surface area (Å²) >= 11 is 23.5. The number of aromatic hydroxyl groups is 2. The number of rotatable bonds is 7. The van der Waals surface area contributed by atoms with Crippen molar-refractivity contribution in [2.24, 2.45) is 0 Å². The van der Waals surface area contributed by atoms with Crippen LogP contribution in [0.5, 0.6) is 11.8 Å². The highest BCUT2D eigenvalue weighted by molar-refractivity contribution is 7.71. The van der Waals surface area contributed by atoms with E-state index >= 15 is 0 Å². The average molecular weight is 558 g/mol. The predicted molar refractivity (Wildman–Crippen MR) is 142 cm³/mol. The lowest BCUT2D eigenvalue weighted by Gasteiger charge is -2.25. The Kier molecular flexibility index (Phi) is 8.31. The molecule has 0 unspecified atom stereocenters. The molecule has 0 saturated carbocycles. The summed E-state index contributed by atoms with van der Waals surface area (Å²) in [6, 6.07) is 4.60. The standard InChI is InChI=1S/C23H26Cl2N4O4S2/c1-5-26-18(30)16(19(31)27(6-2)22(26)34)15(13-10-9-12(24)11-14(13)25)17-20(32)28(7-3)23(35)29(8-4)21(17)33/h9-11,15,30,32H,5-8H2,1-4H3. The average Bonchev–Trinajstić information content (AvgIpc) is 2.79. The normalized spacial score (nSPS) is 11.4. The highest BCUT2D eigenvalue weighted by Gasteiger charge is 2.34. The van der Waals surface area contributed by atoms with Gasteiger partial charge in [0.2, 0.25) is 11.8 Å². The van der Waals surface area contributed by atoms with Crippen LogP contribution < -0.4 is 11.1 Å². The summed E-state index contributed by atoms with van der Waals surface area (Å²) in [7, 11) is 0. The number of benzene rings is 1. The molecule has 0 bridgehead atoms. The molecule has 2 heterocycles. The molecule has 0 aliphatic carbocycles. The first-order valence-electron chi connectivity index (χ1n) is 11.1. The van der Waals surface area contributed by atoms with Gasteiger partial charge < -0.3 is 10.2 Å². The minimum Gasteiger partial charge on any atom is -0.494 e. The number of halogens is 2. The van der Waals surface area contributed by atoms with Gasteiger partial charge in [0.05, 0.1) is 17.0 Å². The summed E-state index contributed by atoms with van der Waals surface area (Å²) in [4.78, 5) is 27.4. The van der Waals surface area contributed by atoms with Gasteiger partial charge >= 0.3 is 0 Å². The smallest absolute Gasteiger partial charge is 0.262 e. The molecule has 0 aliphatic rings. The summed E-state index contributed by atoms with van der Waals surface area (Å²) in [6.07, 6.45) is 0. The summed E-state index contributed by atoms with van der Waals surface area (Å²) < 4.78 is 5.74. The van der Waals surface area contributed by atoms with Gasteiger partial charge in [-0.05, 0) is 69.8 Å². The SMILES string of the molecule is CCn1c(O)c(C(c2ccc(Cl)cc2Cl)c2c(O)n(CC)c(=S)n(CC)c2=O)c(=O)n(CC)c1=S. The third-order valence-corrected chi connectivity index (χ3v) is 7.43. The molecule has 188 valence electrons. The number of hydrogen-bond acceptors (Lipinski definition) is 6. The Labute approximate surface area is 222 Å². The van der Waals surface area contributed by atoms with Crippen LogP contribution in [0.25, 0.3) is 0 Å². The summed E-state index contributed by atoms with van der Waals surface area (Å²) in [5.41, 5.74) is -1.16. The second-order valence-electron chi connectivity index (χ2n) is 7.73. The Morgan fingerprint density at radius 1 is 0.771 bits per heavy atom. The largest absolute Gasteiger partial charge is 0.494 e. The lowest BCUT2D eigenvalue weighted by molar-refractivity contribution is 0.380. The van der Waals surface area contributed by atoms with Gasteiger partial charge in [-0.3, -0.25) is 27.9 Å². The first-order valence-corrected chi connectivity index (χ1v) is 12.7. The molecule has 0 aliphatic heterocycles. The van der Waals surface area contributed by atoms with Gasteiger partial charge in [-0.2, -0.15) is 0 Å². The van der Waals surface area contributed by atoms with Crippen molar-refractivity contribution in [3.63, 3.8) is 0 Å². The van der Waals surface area contributed by atoms with Crippen molar-refractivity contribution in [2.75, 3.05) is 0 Å². The maximum Gasteiger partial charge on any atom is 0.262 e. The highest BCUT2D eigenvalue weighted by atomic mass is 35.5. The first kappa shape index (κ1) is 27.2. The van der Waals surface area contributed by atoms with Crippen LogP contribution in [0.15, 0.2) is 27.8 Å². The molecular formula is C23H26Cl2N4O4S2. The fourth-order valence-electron chi connectivity index (χ4n) is 4.24. The number of nitrogens with zero attached hydrogens (tertiary/aromatic N) is 4. The molecule has 0 saturated heterocycles. The summed E-state index contributed by atoms with van der Waals surface area (Å²) in [5, 5.41) is 23.1. The van der Waals surface area contributed by atoms with E-state index in [0.29, 0.717) is 10.6 Å². The zero-order valence-electron chi connectivity index (χ0n) is 19.7. The van der Waals surface area contributed by atoms with E-state index in [1.165, 1.54) is 24.3 Å². The van der Waals surface area contributed by atoms with Crippen LogP contribution in [0, 0.1) is 9.54 Å². The number of aromatic nitrogens is 4. The zero-order valence-corrected chi connectivity index (χ0v) is 22.9. The monoisotopic (exact) mass is 556 g/mol. The molecule has 0 spiro atoms. The molecule has 0 fully saturated rings. The van der Waals surface area contributed by atoms with Gasteiger partial charge in [0.1, 0.15) is 0 Å². The second kappa shape index (κ2) is 10.7. The molecule has 3 aromatic rings. The third kappa shape index (κ3) is 4.48. The Hall–Kier alpha value is -2.40. The maximum absolute atomic E-state index is 13.7. The Balaban J connectivity index is 2.66. The van der Waals surface area contributed by atoms with E-state index in [1.807, 2.05) is 0 Å². The van der Waals surface area contributed by atoms with Gasteiger partial charge in [-0.25, -0.2) is 0 Å². The van der Waals surface area contributed by atoms with Gasteiger partial charge in [0.25, 0.3) is 11.1 Å². The maximum atomic E-state index is 13.7. The van der Waals surface area contributed by atoms with Crippen molar-refractivity contribution in [3.05, 3.63) is 75.2 Å². The summed E-state index contributed by atoms with van der Waals surface area (Å²) in [6.45, 7) is 8.05. The number of hydrogen-bond donors (Lipinski definition) is 2. The van der Waals surface area contributed by atoms with Crippen molar-refractivity contribution in [3.8, 4) is 11.8 Å². The molecule has 2 N–H and O–H groups in total. The van der Waals surface area contributed by atoms with E-state index in [-0.39, 0.29) is 51.9 Å². The molecule has 0 atom stereocenters. The van der Waals surface area contributed by atoms with E-state index in [0.717, 1.165) is 0 Å². The van der Waals surface area contributed by atoms with E-state index in [4.69, 9.17) is 47.6 Å². The highest BCUT2D eigenvalue weighted by Crippen LogP contribution is 2.40. The van der Waals surface area contributed by atoms with Crippen molar-refractivity contribution >= 4 is 47.6 Å². The van der Waals surface area contributed by atoms with Crippen LogP contribution in [0.1, 0.15) is 50.3 Å². The van der Waals surface area contributed by atoms with Crippen molar-refractivity contribution in [1.82, 2.24) is 18.3 Å². The van der Waals surface area contributed by atoms with E-state index in [9.17, 15) is 19.8 Å². The molecule has 12 heteroatoms. The molecule has 3 rings (SSSR count). The molecule has 35 heavy (non-hydrogen) atoms. The van der Waals surface area contributed by atoms with E-state index in [1.54, 1.807) is 39.8 Å². The minimum absolute atomic E-state index is 0.138. The molecule has 8 nitrogen and oxygen atoms in total. The molecular weight excluding hydrogens is 531 g/mol. The topological polar surface area (TPSA) is 94.3 Å². The summed E-state index contributed by atoms with van der Waals surface area (Å²) in [5.74, 6) is -2.05. The van der Waals surface area contributed by atoms with Crippen molar-refractivity contribution in [1.29, 1.82) is 0 Å². The fraction of sp³-hybridized carbons (Fsp3) is 0.391. The predicted octanol–water partition coefficient (Wildman–Crippen LogP) is 5.05. The molecule has 0 radical (unpaired) electrons. The van der Waals surface area contributed by atoms with E-state index in [2.05, 4.69) is 0 Å². The van der Waals surface area contributed by atoms with Gasteiger partial charge in [-0.1, -0.05) is 29.3 Å². The Morgan fingerprint density at radius 3 is 1.51 bits per heavy atom. The molecule has 2 aromatic heterocycles. The van der Waals surface area contributed by atoms with Crippen LogP contribution in [0.2, 0.25) is 10.0 Å². The van der Waals surface area contributed by atoms with Gasteiger partial charge in [-0.15, -0.1) is 0 Å². The quantitative estimate of drug-likeness (QED) is 0.395. The lowest BCUT2D eigenvalue weighted by atomic mass is 9.86. The Morgan fingerprint density at radius 2 is 1.17 bits per heavy atom. The minimum atomic E-state index is -1.24. The van der Waals surface area contributed by atoms with Crippen LogP contribution >= 0.6 is 47.6 Å². The van der Waals surface area contributed by atoms with Crippen molar-refractivity contribution in [2.45, 2.75) is 59.8 Å². The van der Waals surface area contributed by atoms with Crippen LogP contribution in [-0.2, 0) is 26.2 Å². The van der Waals surface area contributed by atoms with Crippen LogP contribution in [0.3, 0.4) is 0 Å². The lowest BCUT2D eigenvalue weighted by Crippen LogP contribution is -2.34. The van der Waals surface area contributed by atoms with Gasteiger partial charge in [0, 0.05) is 36.2 Å². The zero-order chi connectivity index (χ0) is 26.2.